The zero-order valence-electron chi connectivity index (χ0n) is 18.5. The van der Waals surface area contributed by atoms with Crippen LogP contribution in [0.25, 0.3) is 0 Å². The predicted octanol–water partition coefficient (Wildman–Crippen LogP) is -1.63. The summed E-state index contributed by atoms with van der Waals surface area (Å²) >= 11 is 0. The normalized spacial score (nSPS) is 33.4. The molecule has 3 saturated heterocycles. The maximum Gasteiger partial charge on any atom is 0.246 e. The van der Waals surface area contributed by atoms with Crippen molar-refractivity contribution < 1.29 is 33.8 Å². The summed E-state index contributed by atoms with van der Waals surface area (Å²) in [5.74, 6) is -2.01. The zero-order valence-corrected chi connectivity index (χ0v) is 18.5. The van der Waals surface area contributed by atoms with Crippen LogP contribution in [0.4, 0.5) is 0 Å². The summed E-state index contributed by atoms with van der Waals surface area (Å²) in [5.41, 5.74) is 0. The van der Waals surface area contributed by atoms with E-state index in [4.69, 9.17) is 4.74 Å². The van der Waals surface area contributed by atoms with Gasteiger partial charge in [0.25, 0.3) is 0 Å². The van der Waals surface area contributed by atoms with E-state index in [0.717, 1.165) is 0 Å². The molecule has 0 aromatic carbocycles. The first-order valence-electron chi connectivity index (χ1n) is 11.2. The third kappa shape index (κ3) is 5.83. The van der Waals surface area contributed by atoms with E-state index in [1.54, 1.807) is 0 Å². The minimum Gasteiger partial charge on any atom is -0.390 e. The second-order valence-electron chi connectivity index (χ2n) is 8.74. The number of nitrogens with one attached hydrogen (secondary N) is 3. The molecule has 3 heterocycles. The quantitative estimate of drug-likeness (QED) is 0.267. The van der Waals surface area contributed by atoms with Crippen molar-refractivity contribution >= 4 is 29.4 Å². The molecule has 0 aromatic rings. The average Bonchev–Trinajstić information content (AvgIpc) is 3.52. The Morgan fingerprint density at radius 1 is 1.00 bits per heavy atom. The molecule has 0 saturated carbocycles. The first-order valence-corrected chi connectivity index (χ1v) is 11.2. The van der Waals surface area contributed by atoms with Crippen molar-refractivity contribution in [2.45, 2.75) is 88.7 Å². The van der Waals surface area contributed by atoms with Crippen molar-refractivity contribution in [2.24, 2.45) is 0 Å². The van der Waals surface area contributed by atoms with E-state index in [2.05, 4.69) is 16.0 Å². The molecular weight excluding hydrogens is 420 g/mol. The monoisotopic (exact) mass is 452 g/mol. The molecule has 3 rings (SSSR count). The Morgan fingerprint density at radius 2 is 1.62 bits per heavy atom. The first-order chi connectivity index (χ1) is 15.2. The van der Waals surface area contributed by atoms with Crippen LogP contribution in [0.5, 0.6) is 0 Å². The molecule has 0 aromatic heterocycles. The van der Waals surface area contributed by atoms with E-state index < -0.39 is 53.9 Å². The highest BCUT2D eigenvalue weighted by molar-refractivity contribution is 5.97. The van der Waals surface area contributed by atoms with Crippen molar-refractivity contribution in [1.29, 1.82) is 0 Å². The molecule has 4 amide bonds. The van der Waals surface area contributed by atoms with Crippen LogP contribution in [0.1, 0.15) is 52.4 Å². The summed E-state index contributed by atoms with van der Waals surface area (Å²) in [7, 11) is 0. The predicted molar refractivity (Wildman–Crippen MR) is 111 cm³/mol. The number of Topliss-reactive ketones (excluding diaryl/α,β-unsaturated/α-hetero) is 1. The van der Waals surface area contributed by atoms with Crippen LogP contribution in [0.15, 0.2) is 0 Å². The molecule has 0 bridgehead atoms. The van der Waals surface area contributed by atoms with Gasteiger partial charge in [0.05, 0.1) is 12.7 Å². The SMILES string of the molecule is C[C@@H]1NC(=O)[C@H]2[C@H](O)CCN2C(=O)[C@H](CCCCCC(=O)[C@@H]2CO2)NC(=O)[C@@H](C)NC1=O. The summed E-state index contributed by atoms with van der Waals surface area (Å²) in [4.78, 5) is 63.9. The lowest BCUT2D eigenvalue weighted by Crippen LogP contribution is -2.61. The van der Waals surface area contributed by atoms with Crippen LogP contribution < -0.4 is 16.0 Å². The lowest BCUT2D eigenvalue weighted by Gasteiger charge is -2.32. The number of ketones is 1. The van der Waals surface area contributed by atoms with Gasteiger partial charge in [-0.25, -0.2) is 0 Å². The van der Waals surface area contributed by atoms with Crippen molar-refractivity contribution in [2.75, 3.05) is 13.2 Å². The van der Waals surface area contributed by atoms with Crippen LogP contribution >= 0.6 is 0 Å². The summed E-state index contributed by atoms with van der Waals surface area (Å²) in [5, 5.41) is 18.1. The van der Waals surface area contributed by atoms with Crippen LogP contribution in [0.3, 0.4) is 0 Å². The van der Waals surface area contributed by atoms with Gasteiger partial charge in [-0.1, -0.05) is 12.8 Å². The number of hydrogen-bond acceptors (Lipinski definition) is 7. The van der Waals surface area contributed by atoms with Gasteiger partial charge in [0.1, 0.15) is 30.3 Å². The van der Waals surface area contributed by atoms with E-state index in [0.29, 0.717) is 38.7 Å². The van der Waals surface area contributed by atoms with Gasteiger partial charge >= 0.3 is 0 Å². The number of rotatable bonds is 7. The summed E-state index contributed by atoms with van der Waals surface area (Å²) < 4.78 is 4.97. The maximum absolute atomic E-state index is 13.3. The number of carbonyl (C=O) groups is 5. The average molecular weight is 453 g/mol. The minimum absolute atomic E-state index is 0.0825. The maximum atomic E-state index is 13.3. The number of aliphatic hydroxyl groups excluding tert-OH is 1. The fourth-order valence-electron chi connectivity index (χ4n) is 4.08. The molecule has 0 radical (unpaired) electrons. The smallest absolute Gasteiger partial charge is 0.246 e. The fourth-order valence-corrected chi connectivity index (χ4v) is 4.08. The van der Waals surface area contributed by atoms with E-state index in [1.165, 1.54) is 18.7 Å². The van der Waals surface area contributed by atoms with E-state index in [9.17, 15) is 29.1 Å². The van der Waals surface area contributed by atoms with E-state index >= 15 is 0 Å². The fraction of sp³-hybridized carbons (Fsp3) is 0.762. The number of hydrogen-bond donors (Lipinski definition) is 4. The molecule has 11 nitrogen and oxygen atoms in total. The van der Waals surface area contributed by atoms with Gasteiger partial charge in [-0.2, -0.15) is 0 Å². The number of aliphatic hydroxyl groups is 1. The van der Waals surface area contributed by atoms with Gasteiger partial charge in [0, 0.05) is 13.0 Å². The number of epoxide rings is 1. The topological polar surface area (TPSA) is 157 Å². The molecule has 4 N–H and O–H groups in total. The molecule has 11 heteroatoms. The van der Waals surface area contributed by atoms with Gasteiger partial charge in [0.2, 0.25) is 23.6 Å². The summed E-state index contributed by atoms with van der Waals surface area (Å²) in [6, 6.07) is -3.85. The standard InChI is InChI=1S/C21H32N4O7/c1-11-18(28)22-12(2)19(29)24-13(6-4-3-5-7-14(26)16-10-32-16)21(31)25-9-8-15(27)17(25)20(30)23-11/h11-13,15-17,27H,3-10H2,1-2H3,(H,22,28)(H,23,30)(H,24,29)/t11-,12+,13-,15+,16-,17+/m0/s1. The Morgan fingerprint density at radius 3 is 2.28 bits per heavy atom. The first kappa shape index (κ1) is 24.1. The molecule has 0 spiro atoms. The molecule has 3 fully saturated rings. The van der Waals surface area contributed by atoms with Crippen LogP contribution in [0, 0.1) is 0 Å². The number of ether oxygens (including phenoxy) is 1. The highest BCUT2D eigenvalue weighted by Crippen LogP contribution is 2.22. The molecule has 32 heavy (non-hydrogen) atoms. The Hall–Kier alpha value is -2.53. The molecule has 178 valence electrons. The van der Waals surface area contributed by atoms with Gasteiger partial charge in [-0.05, 0) is 33.1 Å². The molecule has 3 aliphatic rings. The van der Waals surface area contributed by atoms with Gasteiger partial charge in [-0.3, -0.25) is 24.0 Å². The molecular formula is C21H32N4O7. The van der Waals surface area contributed by atoms with Crippen LogP contribution in [-0.2, 0) is 28.7 Å². The second kappa shape index (κ2) is 10.4. The number of fused-ring (bicyclic) bond motifs is 1. The Balaban J connectivity index is 1.68. The largest absolute Gasteiger partial charge is 0.390 e. The minimum atomic E-state index is -1.12. The number of unbranched alkanes of at least 4 members (excludes halogenated alkanes) is 2. The number of nitrogens with zero attached hydrogens (tertiary/aromatic N) is 1. The molecule has 3 aliphatic heterocycles. The molecule has 0 unspecified atom stereocenters. The number of amides is 4. The number of carbonyl (C=O) groups excluding carboxylic acids is 5. The third-order valence-electron chi connectivity index (χ3n) is 6.14. The van der Waals surface area contributed by atoms with Gasteiger partial charge in [0.15, 0.2) is 5.78 Å². The summed E-state index contributed by atoms with van der Waals surface area (Å²) in [6.45, 7) is 3.64. The molecule has 6 atom stereocenters. The lowest BCUT2D eigenvalue weighted by atomic mass is 10.0. The van der Waals surface area contributed by atoms with E-state index in [-0.39, 0.29) is 24.9 Å². The van der Waals surface area contributed by atoms with E-state index in [1.807, 2.05) is 0 Å². The third-order valence-corrected chi connectivity index (χ3v) is 6.14. The Bertz CT molecular complexity index is 769. The Kier molecular flexibility index (Phi) is 7.83. The molecule has 0 aliphatic carbocycles. The van der Waals surface area contributed by atoms with Crippen LogP contribution in [0.2, 0.25) is 0 Å². The Labute approximate surface area is 186 Å². The summed E-state index contributed by atoms with van der Waals surface area (Å²) in [6.07, 6.45) is 1.58. The van der Waals surface area contributed by atoms with Gasteiger partial charge < -0.3 is 30.7 Å². The zero-order chi connectivity index (χ0) is 23.4. The van der Waals surface area contributed by atoms with Crippen molar-refractivity contribution in [3.05, 3.63) is 0 Å². The van der Waals surface area contributed by atoms with Crippen LogP contribution in [-0.4, -0.2) is 88.9 Å². The van der Waals surface area contributed by atoms with Crippen molar-refractivity contribution in [3.63, 3.8) is 0 Å². The second-order valence-corrected chi connectivity index (χ2v) is 8.74. The lowest BCUT2D eigenvalue weighted by molar-refractivity contribution is -0.145. The van der Waals surface area contributed by atoms with Crippen molar-refractivity contribution in [1.82, 2.24) is 20.9 Å². The van der Waals surface area contributed by atoms with Gasteiger partial charge in [-0.15, -0.1) is 0 Å². The highest BCUT2D eigenvalue weighted by Gasteiger charge is 2.44. The highest BCUT2D eigenvalue weighted by atomic mass is 16.6. The van der Waals surface area contributed by atoms with Crippen molar-refractivity contribution in [3.8, 4) is 0 Å².